The lowest BCUT2D eigenvalue weighted by Gasteiger charge is -2.17. The maximum atomic E-state index is 9.82. The van der Waals surface area contributed by atoms with Crippen molar-refractivity contribution in [2.45, 2.75) is 26.1 Å². The molecule has 0 bridgehead atoms. The summed E-state index contributed by atoms with van der Waals surface area (Å²) in [6.45, 7) is 3.28. The van der Waals surface area contributed by atoms with E-state index < -0.39 is 12.2 Å². The first-order valence-corrected chi connectivity index (χ1v) is 6.71. The molecular weight excluding hydrogens is 268 g/mol. The van der Waals surface area contributed by atoms with Crippen molar-refractivity contribution in [1.82, 2.24) is 0 Å². The van der Waals surface area contributed by atoms with Crippen LogP contribution in [0.5, 0.6) is 11.5 Å². The van der Waals surface area contributed by atoms with Crippen molar-refractivity contribution in [3.8, 4) is 11.5 Å². The van der Waals surface area contributed by atoms with Gasteiger partial charge in [-0.05, 0) is 50.2 Å². The number of hydrogen-bond acceptors (Lipinski definition) is 5. The summed E-state index contributed by atoms with van der Waals surface area (Å²) in [6.07, 6.45) is -1.43. The molecule has 2 rings (SSSR count). The number of anilines is 2. The Kier molecular flexibility index (Phi) is 4.35. The summed E-state index contributed by atoms with van der Waals surface area (Å²) in [5.41, 5.74) is 13.7. The minimum Gasteiger partial charge on any atom is -0.457 e. The lowest BCUT2D eigenvalue weighted by Crippen LogP contribution is -2.01. The van der Waals surface area contributed by atoms with Crippen molar-refractivity contribution in [3.63, 3.8) is 0 Å². The molecule has 0 fully saturated rings. The molecule has 0 aliphatic rings. The number of ether oxygens (including phenoxy) is 1. The van der Waals surface area contributed by atoms with Crippen molar-refractivity contribution >= 4 is 11.4 Å². The van der Waals surface area contributed by atoms with Gasteiger partial charge < -0.3 is 26.4 Å². The molecule has 5 heteroatoms. The largest absolute Gasteiger partial charge is 0.457 e. The van der Waals surface area contributed by atoms with Crippen LogP contribution in [0.2, 0.25) is 0 Å². The first kappa shape index (κ1) is 15.2. The van der Waals surface area contributed by atoms with Gasteiger partial charge in [-0.2, -0.15) is 0 Å². The van der Waals surface area contributed by atoms with Gasteiger partial charge in [-0.1, -0.05) is 0 Å². The minimum absolute atomic E-state index is 0.492. The highest BCUT2D eigenvalue weighted by Crippen LogP contribution is 2.35. The fourth-order valence-corrected chi connectivity index (χ4v) is 2.09. The van der Waals surface area contributed by atoms with Crippen LogP contribution in [0.3, 0.4) is 0 Å². The number of benzene rings is 2. The van der Waals surface area contributed by atoms with Gasteiger partial charge in [0, 0.05) is 22.5 Å². The normalized spacial score (nSPS) is 13.7. The third kappa shape index (κ3) is 3.45. The van der Waals surface area contributed by atoms with Gasteiger partial charge in [0.25, 0.3) is 0 Å². The van der Waals surface area contributed by atoms with Gasteiger partial charge in [0.15, 0.2) is 0 Å². The molecule has 0 aromatic heterocycles. The van der Waals surface area contributed by atoms with Gasteiger partial charge in [-0.3, -0.25) is 0 Å². The van der Waals surface area contributed by atoms with E-state index >= 15 is 0 Å². The van der Waals surface area contributed by atoms with E-state index in [4.69, 9.17) is 16.2 Å². The van der Waals surface area contributed by atoms with Crippen LogP contribution >= 0.6 is 0 Å². The fourth-order valence-electron chi connectivity index (χ4n) is 2.09. The van der Waals surface area contributed by atoms with E-state index in [0.717, 1.165) is 0 Å². The summed E-state index contributed by atoms with van der Waals surface area (Å²) in [6, 6.07) is 10.1. The first-order valence-electron chi connectivity index (χ1n) is 6.71. The molecule has 2 aromatic rings. The monoisotopic (exact) mass is 288 g/mol. The molecule has 0 radical (unpaired) electrons. The summed E-state index contributed by atoms with van der Waals surface area (Å²) in [5.74, 6) is 0.983. The van der Waals surface area contributed by atoms with Crippen LogP contribution in [0, 0.1) is 0 Å². The van der Waals surface area contributed by atoms with Crippen LogP contribution in [-0.4, -0.2) is 10.2 Å². The number of rotatable bonds is 4. The smallest absolute Gasteiger partial charge is 0.133 e. The van der Waals surface area contributed by atoms with Gasteiger partial charge >= 0.3 is 0 Å². The van der Waals surface area contributed by atoms with Crippen molar-refractivity contribution in [2.75, 3.05) is 11.5 Å². The third-order valence-electron chi connectivity index (χ3n) is 3.19. The lowest BCUT2D eigenvalue weighted by molar-refractivity contribution is 0.191. The standard InChI is InChI=1S/C16H20N2O3/c1-9(19)13-7-11(17)3-5-15(13)21-16-6-4-12(18)8-14(16)10(2)20/h3-10,19-20H,17-18H2,1-2H3. The zero-order valence-corrected chi connectivity index (χ0v) is 12.1. The molecule has 2 aromatic carbocycles. The van der Waals surface area contributed by atoms with Gasteiger partial charge in [-0.25, -0.2) is 0 Å². The summed E-state index contributed by atoms with van der Waals surface area (Å²) in [7, 11) is 0. The van der Waals surface area contributed by atoms with Crippen LogP contribution in [0.4, 0.5) is 11.4 Å². The minimum atomic E-state index is -0.715. The molecule has 5 nitrogen and oxygen atoms in total. The van der Waals surface area contributed by atoms with Crippen molar-refractivity contribution < 1.29 is 14.9 Å². The van der Waals surface area contributed by atoms with E-state index in [2.05, 4.69) is 0 Å². The number of nitrogens with two attached hydrogens (primary N) is 2. The molecule has 0 heterocycles. The second-order valence-electron chi connectivity index (χ2n) is 5.05. The molecule has 21 heavy (non-hydrogen) atoms. The number of nitrogen functional groups attached to an aromatic ring is 2. The first-order chi connectivity index (χ1) is 9.88. The predicted octanol–water partition coefficient (Wildman–Crippen LogP) is 2.75. The average molecular weight is 288 g/mol. The van der Waals surface area contributed by atoms with E-state index in [9.17, 15) is 10.2 Å². The molecule has 0 saturated heterocycles. The highest BCUT2D eigenvalue weighted by atomic mass is 16.5. The van der Waals surface area contributed by atoms with Crippen LogP contribution in [0.25, 0.3) is 0 Å². The third-order valence-corrected chi connectivity index (χ3v) is 3.19. The maximum absolute atomic E-state index is 9.82. The highest BCUT2D eigenvalue weighted by molar-refractivity contribution is 5.53. The molecule has 0 aliphatic carbocycles. The molecule has 0 aliphatic heterocycles. The van der Waals surface area contributed by atoms with Crippen molar-refractivity contribution in [2.24, 2.45) is 0 Å². The predicted molar refractivity (Wildman–Crippen MR) is 83.1 cm³/mol. The zero-order valence-electron chi connectivity index (χ0n) is 12.1. The Morgan fingerprint density at radius 2 is 1.19 bits per heavy atom. The molecule has 0 amide bonds. The van der Waals surface area contributed by atoms with Crippen LogP contribution in [0.15, 0.2) is 36.4 Å². The maximum Gasteiger partial charge on any atom is 0.133 e. The Morgan fingerprint density at radius 1 is 0.810 bits per heavy atom. The molecular formula is C16H20N2O3. The summed E-state index contributed by atoms with van der Waals surface area (Å²) < 4.78 is 5.84. The Bertz CT molecular complexity index is 584. The van der Waals surface area contributed by atoms with E-state index in [1.807, 2.05) is 0 Å². The highest BCUT2D eigenvalue weighted by Gasteiger charge is 2.15. The fraction of sp³-hybridized carbons (Fsp3) is 0.250. The van der Waals surface area contributed by atoms with Gasteiger partial charge in [0.1, 0.15) is 11.5 Å². The topological polar surface area (TPSA) is 102 Å². The molecule has 112 valence electrons. The van der Waals surface area contributed by atoms with Gasteiger partial charge in [-0.15, -0.1) is 0 Å². The van der Waals surface area contributed by atoms with Crippen molar-refractivity contribution in [1.29, 1.82) is 0 Å². The number of hydrogen-bond donors (Lipinski definition) is 4. The summed E-state index contributed by atoms with van der Waals surface area (Å²) >= 11 is 0. The number of aliphatic hydroxyl groups is 2. The van der Waals surface area contributed by atoms with E-state index in [1.165, 1.54) is 0 Å². The quantitative estimate of drug-likeness (QED) is 0.648. The summed E-state index contributed by atoms with van der Waals surface area (Å²) in [4.78, 5) is 0. The van der Waals surface area contributed by atoms with Crippen LogP contribution in [0.1, 0.15) is 37.2 Å². The average Bonchev–Trinajstić information content (AvgIpc) is 2.42. The lowest BCUT2D eigenvalue weighted by atomic mass is 10.1. The molecule has 2 atom stereocenters. The molecule has 2 unspecified atom stereocenters. The molecule has 0 spiro atoms. The van der Waals surface area contributed by atoms with Crippen molar-refractivity contribution in [3.05, 3.63) is 47.5 Å². The van der Waals surface area contributed by atoms with Gasteiger partial charge in [0.05, 0.1) is 12.2 Å². The Labute approximate surface area is 123 Å². The van der Waals surface area contributed by atoms with E-state index in [0.29, 0.717) is 34.0 Å². The van der Waals surface area contributed by atoms with Crippen LogP contribution < -0.4 is 16.2 Å². The Hall–Kier alpha value is -2.24. The SMILES string of the molecule is CC(O)c1cc(N)ccc1Oc1ccc(N)cc1C(C)O. The van der Waals surface area contributed by atoms with E-state index in [-0.39, 0.29) is 0 Å². The van der Waals surface area contributed by atoms with Crippen LogP contribution in [-0.2, 0) is 0 Å². The Balaban J connectivity index is 2.43. The zero-order chi connectivity index (χ0) is 15.6. The summed E-state index contributed by atoms with van der Waals surface area (Å²) in [5, 5.41) is 19.6. The molecule has 6 N–H and O–H groups in total. The van der Waals surface area contributed by atoms with Gasteiger partial charge in [0.2, 0.25) is 0 Å². The second-order valence-corrected chi connectivity index (χ2v) is 5.05. The van der Waals surface area contributed by atoms with E-state index in [1.54, 1.807) is 50.2 Å². The molecule has 0 saturated carbocycles. The Morgan fingerprint density at radius 3 is 1.52 bits per heavy atom. The second kappa shape index (κ2) is 6.03. The number of aliphatic hydroxyl groups excluding tert-OH is 2.